The van der Waals surface area contributed by atoms with Crippen LogP contribution in [0, 0.1) is 11.7 Å². The minimum Gasteiger partial charge on any atom is -0.378 e. The molecule has 2 N–H and O–H groups in total. The standard InChI is InChI=1S/C15H22FNO/c16-14-4-1-3-12(10-14)9-13(11-17)6-7-15-5-2-8-18-15/h1,3-4,10,13,15H,2,5-9,11,17H2. The van der Waals surface area contributed by atoms with Gasteiger partial charge in [0.2, 0.25) is 0 Å². The third-order valence-electron chi connectivity index (χ3n) is 3.67. The van der Waals surface area contributed by atoms with Gasteiger partial charge in [0.25, 0.3) is 0 Å². The Labute approximate surface area is 108 Å². The van der Waals surface area contributed by atoms with Crippen molar-refractivity contribution in [3.63, 3.8) is 0 Å². The van der Waals surface area contributed by atoms with E-state index in [1.54, 1.807) is 12.1 Å². The lowest BCUT2D eigenvalue weighted by Gasteiger charge is -2.17. The molecule has 1 aromatic rings. The summed E-state index contributed by atoms with van der Waals surface area (Å²) >= 11 is 0. The van der Waals surface area contributed by atoms with Gasteiger partial charge in [-0.1, -0.05) is 12.1 Å². The molecule has 2 unspecified atom stereocenters. The Balaban J connectivity index is 1.81. The van der Waals surface area contributed by atoms with E-state index >= 15 is 0 Å². The number of benzene rings is 1. The molecule has 2 rings (SSSR count). The second kappa shape index (κ2) is 6.86. The second-order valence-corrected chi connectivity index (χ2v) is 5.15. The Morgan fingerprint density at radius 3 is 3.00 bits per heavy atom. The molecule has 1 fully saturated rings. The largest absolute Gasteiger partial charge is 0.378 e. The van der Waals surface area contributed by atoms with Crippen LogP contribution in [-0.4, -0.2) is 19.3 Å². The Bertz CT molecular complexity index is 363. The van der Waals surface area contributed by atoms with E-state index in [9.17, 15) is 4.39 Å². The van der Waals surface area contributed by atoms with Crippen molar-refractivity contribution in [2.75, 3.05) is 13.2 Å². The van der Waals surface area contributed by atoms with E-state index in [-0.39, 0.29) is 5.82 Å². The summed E-state index contributed by atoms with van der Waals surface area (Å²) in [6.07, 6.45) is 5.79. The predicted molar refractivity (Wildman–Crippen MR) is 70.9 cm³/mol. The van der Waals surface area contributed by atoms with E-state index in [4.69, 9.17) is 10.5 Å². The number of hydrogen-bond donors (Lipinski definition) is 1. The second-order valence-electron chi connectivity index (χ2n) is 5.15. The van der Waals surface area contributed by atoms with Gasteiger partial charge in [0.05, 0.1) is 6.10 Å². The molecule has 2 nitrogen and oxygen atoms in total. The van der Waals surface area contributed by atoms with E-state index in [0.717, 1.165) is 31.4 Å². The van der Waals surface area contributed by atoms with Crippen LogP contribution in [0.25, 0.3) is 0 Å². The lowest BCUT2D eigenvalue weighted by Crippen LogP contribution is -2.19. The highest BCUT2D eigenvalue weighted by Crippen LogP contribution is 2.21. The normalized spacial score (nSPS) is 21.1. The molecule has 0 saturated carbocycles. The highest BCUT2D eigenvalue weighted by atomic mass is 19.1. The summed E-state index contributed by atoms with van der Waals surface area (Å²) in [7, 11) is 0. The molecular weight excluding hydrogens is 229 g/mol. The molecule has 1 aliphatic rings. The van der Waals surface area contributed by atoms with Crippen molar-refractivity contribution in [1.29, 1.82) is 0 Å². The Morgan fingerprint density at radius 2 is 2.33 bits per heavy atom. The Kier molecular flexibility index (Phi) is 5.14. The van der Waals surface area contributed by atoms with Gasteiger partial charge in [0.15, 0.2) is 0 Å². The van der Waals surface area contributed by atoms with Gasteiger partial charge in [0.1, 0.15) is 5.82 Å². The van der Waals surface area contributed by atoms with Crippen molar-refractivity contribution >= 4 is 0 Å². The summed E-state index contributed by atoms with van der Waals surface area (Å²) in [5.74, 6) is 0.262. The van der Waals surface area contributed by atoms with Crippen LogP contribution in [0.5, 0.6) is 0 Å². The zero-order chi connectivity index (χ0) is 12.8. The van der Waals surface area contributed by atoms with Gasteiger partial charge in [-0.05, 0) is 62.3 Å². The SMILES string of the molecule is NCC(CCC1CCCO1)Cc1cccc(F)c1. The smallest absolute Gasteiger partial charge is 0.123 e. The third-order valence-corrected chi connectivity index (χ3v) is 3.67. The first-order valence-electron chi connectivity index (χ1n) is 6.84. The van der Waals surface area contributed by atoms with Crippen molar-refractivity contribution in [1.82, 2.24) is 0 Å². The molecule has 2 atom stereocenters. The molecule has 0 aromatic heterocycles. The molecule has 0 spiro atoms. The van der Waals surface area contributed by atoms with Crippen LogP contribution in [0.2, 0.25) is 0 Å². The van der Waals surface area contributed by atoms with Crippen molar-refractivity contribution in [3.05, 3.63) is 35.6 Å². The first-order chi connectivity index (χ1) is 8.78. The van der Waals surface area contributed by atoms with Crippen molar-refractivity contribution in [2.24, 2.45) is 11.7 Å². The molecule has 0 amide bonds. The highest BCUT2D eigenvalue weighted by Gasteiger charge is 2.17. The maximum Gasteiger partial charge on any atom is 0.123 e. The van der Waals surface area contributed by atoms with Crippen molar-refractivity contribution in [3.8, 4) is 0 Å². The van der Waals surface area contributed by atoms with Crippen LogP contribution in [0.15, 0.2) is 24.3 Å². The number of rotatable bonds is 6. The molecule has 0 aliphatic carbocycles. The van der Waals surface area contributed by atoms with E-state index in [2.05, 4.69) is 0 Å². The van der Waals surface area contributed by atoms with E-state index in [1.807, 2.05) is 6.07 Å². The zero-order valence-corrected chi connectivity index (χ0v) is 10.8. The molecule has 1 aliphatic heterocycles. The van der Waals surface area contributed by atoms with Crippen molar-refractivity contribution in [2.45, 2.75) is 38.2 Å². The van der Waals surface area contributed by atoms with Crippen molar-refractivity contribution < 1.29 is 9.13 Å². The van der Waals surface area contributed by atoms with E-state index in [0.29, 0.717) is 18.6 Å². The minimum absolute atomic E-state index is 0.164. The maximum atomic E-state index is 13.1. The fraction of sp³-hybridized carbons (Fsp3) is 0.600. The number of hydrogen-bond acceptors (Lipinski definition) is 2. The Morgan fingerprint density at radius 1 is 1.44 bits per heavy atom. The molecule has 18 heavy (non-hydrogen) atoms. The van der Waals surface area contributed by atoms with Crippen LogP contribution in [0.4, 0.5) is 4.39 Å². The molecular formula is C15H22FNO. The molecule has 100 valence electrons. The number of ether oxygens (including phenoxy) is 1. The first-order valence-corrected chi connectivity index (χ1v) is 6.84. The van der Waals surface area contributed by atoms with Crippen LogP contribution in [-0.2, 0) is 11.2 Å². The average Bonchev–Trinajstić information content (AvgIpc) is 2.87. The van der Waals surface area contributed by atoms with Gasteiger partial charge < -0.3 is 10.5 Å². The topological polar surface area (TPSA) is 35.2 Å². The molecule has 0 bridgehead atoms. The monoisotopic (exact) mass is 251 g/mol. The van der Waals surface area contributed by atoms with Gasteiger partial charge in [-0.3, -0.25) is 0 Å². The van der Waals surface area contributed by atoms with Gasteiger partial charge in [0, 0.05) is 6.61 Å². The summed E-state index contributed by atoms with van der Waals surface area (Å²) < 4.78 is 18.7. The first kappa shape index (κ1) is 13.5. The summed E-state index contributed by atoms with van der Waals surface area (Å²) in [4.78, 5) is 0. The van der Waals surface area contributed by atoms with Crippen LogP contribution >= 0.6 is 0 Å². The quantitative estimate of drug-likeness (QED) is 0.843. The van der Waals surface area contributed by atoms with Crippen LogP contribution in [0.1, 0.15) is 31.2 Å². The van der Waals surface area contributed by atoms with Gasteiger partial charge in [-0.15, -0.1) is 0 Å². The fourth-order valence-electron chi connectivity index (χ4n) is 2.59. The van der Waals surface area contributed by atoms with Crippen LogP contribution < -0.4 is 5.73 Å². The minimum atomic E-state index is -0.164. The predicted octanol–water partition coefficient (Wildman–Crippen LogP) is 2.90. The molecule has 1 aromatic carbocycles. The number of halogens is 1. The Hall–Kier alpha value is -0.930. The molecule has 1 saturated heterocycles. The zero-order valence-electron chi connectivity index (χ0n) is 10.8. The number of nitrogens with two attached hydrogens (primary N) is 1. The van der Waals surface area contributed by atoms with Gasteiger partial charge >= 0.3 is 0 Å². The molecule has 0 radical (unpaired) electrons. The highest BCUT2D eigenvalue weighted by molar-refractivity contribution is 5.16. The third kappa shape index (κ3) is 4.07. The van der Waals surface area contributed by atoms with Gasteiger partial charge in [-0.25, -0.2) is 4.39 Å². The summed E-state index contributed by atoms with van der Waals surface area (Å²) in [5.41, 5.74) is 6.85. The maximum absolute atomic E-state index is 13.1. The van der Waals surface area contributed by atoms with Gasteiger partial charge in [-0.2, -0.15) is 0 Å². The summed E-state index contributed by atoms with van der Waals surface area (Å²) in [6, 6.07) is 6.82. The lowest BCUT2D eigenvalue weighted by atomic mass is 9.93. The lowest BCUT2D eigenvalue weighted by molar-refractivity contribution is 0.0983. The van der Waals surface area contributed by atoms with Crippen LogP contribution in [0.3, 0.4) is 0 Å². The molecule has 3 heteroatoms. The fourth-order valence-corrected chi connectivity index (χ4v) is 2.59. The molecule has 1 heterocycles. The van der Waals surface area contributed by atoms with E-state index in [1.165, 1.54) is 18.9 Å². The summed E-state index contributed by atoms with van der Waals surface area (Å²) in [6.45, 7) is 1.56. The summed E-state index contributed by atoms with van der Waals surface area (Å²) in [5, 5.41) is 0. The van der Waals surface area contributed by atoms with E-state index < -0.39 is 0 Å². The average molecular weight is 251 g/mol.